The molecule has 1 aromatic rings. The Morgan fingerprint density at radius 3 is 2.75 bits per heavy atom. The van der Waals surface area contributed by atoms with Crippen LogP contribution >= 0.6 is 11.3 Å². The predicted molar refractivity (Wildman–Crippen MR) is 89.5 cm³/mol. The Morgan fingerprint density at radius 1 is 1.45 bits per heavy atom. The minimum Gasteiger partial charge on any atom is -0.310 e. The molecule has 0 bridgehead atoms. The summed E-state index contributed by atoms with van der Waals surface area (Å²) in [5.74, 6) is 0. The lowest BCUT2D eigenvalue weighted by molar-refractivity contribution is 0.0231. The first-order valence-electron chi connectivity index (χ1n) is 7.85. The normalized spacial score (nSPS) is 28.8. The molecule has 1 fully saturated rings. The van der Waals surface area contributed by atoms with Gasteiger partial charge in [0.05, 0.1) is 0 Å². The first-order valence-corrected chi connectivity index (χ1v) is 8.79. The Labute approximate surface area is 128 Å². The fourth-order valence-corrected chi connectivity index (χ4v) is 3.65. The third kappa shape index (κ3) is 3.63. The van der Waals surface area contributed by atoms with E-state index in [9.17, 15) is 0 Å². The van der Waals surface area contributed by atoms with Crippen molar-refractivity contribution in [3.63, 3.8) is 0 Å². The minimum absolute atomic E-state index is 0.303. The van der Waals surface area contributed by atoms with Crippen LogP contribution in [0.2, 0.25) is 0 Å². The molecule has 2 unspecified atom stereocenters. The van der Waals surface area contributed by atoms with Gasteiger partial charge >= 0.3 is 0 Å². The highest BCUT2D eigenvalue weighted by Crippen LogP contribution is 2.29. The SMILES string of the molecule is CCC1(C)CNC(C(C)(C)C)CN1CCc1ccsc1. The number of hydrogen-bond donors (Lipinski definition) is 1. The molecule has 0 saturated carbocycles. The Morgan fingerprint density at radius 2 is 2.20 bits per heavy atom. The molecule has 0 spiro atoms. The van der Waals surface area contributed by atoms with E-state index in [4.69, 9.17) is 0 Å². The first kappa shape index (κ1) is 16.0. The lowest BCUT2D eigenvalue weighted by atomic mass is 9.81. The molecule has 0 radical (unpaired) electrons. The summed E-state index contributed by atoms with van der Waals surface area (Å²) in [6.07, 6.45) is 2.39. The molecule has 1 saturated heterocycles. The van der Waals surface area contributed by atoms with Gasteiger partial charge in [-0.25, -0.2) is 0 Å². The summed E-state index contributed by atoms with van der Waals surface area (Å²) < 4.78 is 0. The lowest BCUT2D eigenvalue weighted by Crippen LogP contribution is -2.65. The van der Waals surface area contributed by atoms with Crippen LogP contribution in [-0.4, -0.2) is 36.1 Å². The topological polar surface area (TPSA) is 15.3 Å². The van der Waals surface area contributed by atoms with Gasteiger partial charge in [-0.1, -0.05) is 27.7 Å². The van der Waals surface area contributed by atoms with Gasteiger partial charge in [0.15, 0.2) is 0 Å². The maximum atomic E-state index is 3.78. The summed E-state index contributed by atoms with van der Waals surface area (Å²) in [5.41, 5.74) is 2.12. The van der Waals surface area contributed by atoms with Crippen molar-refractivity contribution in [1.29, 1.82) is 0 Å². The summed E-state index contributed by atoms with van der Waals surface area (Å²) in [7, 11) is 0. The molecule has 0 aliphatic carbocycles. The van der Waals surface area contributed by atoms with Gasteiger partial charge in [0.2, 0.25) is 0 Å². The minimum atomic E-state index is 0.303. The van der Waals surface area contributed by atoms with Crippen molar-refractivity contribution in [1.82, 2.24) is 10.2 Å². The van der Waals surface area contributed by atoms with E-state index in [1.807, 2.05) is 0 Å². The van der Waals surface area contributed by atoms with Crippen LogP contribution in [0.25, 0.3) is 0 Å². The second kappa shape index (κ2) is 6.17. The van der Waals surface area contributed by atoms with Gasteiger partial charge < -0.3 is 5.32 Å². The zero-order valence-electron chi connectivity index (χ0n) is 13.7. The lowest BCUT2D eigenvalue weighted by Gasteiger charge is -2.51. The third-order valence-corrected chi connectivity index (χ3v) is 5.69. The van der Waals surface area contributed by atoms with Crippen LogP contribution in [0.1, 0.15) is 46.6 Å². The fourth-order valence-electron chi connectivity index (χ4n) is 2.95. The number of nitrogens with one attached hydrogen (secondary N) is 1. The Bertz CT molecular complexity index is 407. The Hall–Kier alpha value is -0.380. The molecule has 1 aliphatic heterocycles. The van der Waals surface area contributed by atoms with Crippen molar-refractivity contribution >= 4 is 11.3 Å². The van der Waals surface area contributed by atoms with E-state index in [-0.39, 0.29) is 0 Å². The molecule has 1 aliphatic rings. The van der Waals surface area contributed by atoms with Gasteiger partial charge in [0.25, 0.3) is 0 Å². The van der Waals surface area contributed by atoms with Gasteiger partial charge in [-0.2, -0.15) is 11.3 Å². The van der Waals surface area contributed by atoms with Crippen LogP contribution in [0.15, 0.2) is 16.8 Å². The molecule has 2 atom stereocenters. The molecule has 0 amide bonds. The van der Waals surface area contributed by atoms with Gasteiger partial charge in [-0.3, -0.25) is 4.90 Å². The second-order valence-corrected chi connectivity index (χ2v) is 8.26. The first-order chi connectivity index (χ1) is 9.35. The molecule has 1 aromatic heterocycles. The molecule has 0 aromatic carbocycles. The summed E-state index contributed by atoms with van der Waals surface area (Å²) in [5, 5.41) is 8.25. The highest BCUT2D eigenvalue weighted by Gasteiger charge is 2.39. The molecule has 2 rings (SSSR count). The van der Waals surface area contributed by atoms with E-state index in [1.54, 1.807) is 11.3 Å². The van der Waals surface area contributed by atoms with Gasteiger partial charge in [-0.05, 0) is 47.6 Å². The smallest absolute Gasteiger partial charge is 0.0304 e. The Balaban J connectivity index is 2.03. The van der Waals surface area contributed by atoms with Gasteiger partial charge in [-0.15, -0.1) is 0 Å². The quantitative estimate of drug-likeness (QED) is 0.909. The second-order valence-electron chi connectivity index (χ2n) is 7.48. The van der Waals surface area contributed by atoms with Crippen LogP contribution in [0.5, 0.6) is 0 Å². The van der Waals surface area contributed by atoms with E-state index in [0.29, 0.717) is 17.0 Å². The summed E-state index contributed by atoms with van der Waals surface area (Å²) >= 11 is 1.81. The fraction of sp³-hybridized carbons (Fsp3) is 0.765. The predicted octanol–water partition coefficient (Wildman–Crippen LogP) is 3.78. The van der Waals surface area contributed by atoms with E-state index in [1.165, 1.54) is 24.9 Å². The number of piperazine rings is 1. The summed E-state index contributed by atoms with van der Waals surface area (Å²) in [6, 6.07) is 2.85. The monoisotopic (exact) mass is 294 g/mol. The largest absolute Gasteiger partial charge is 0.310 e. The van der Waals surface area contributed by atoms with Crippen molar-refractivity contribution in [2.45, 2.75) is 59.0 Å². The zero-order valence-corrected chi connectivity index (χ0v) is 14.5. The van der Waals surface area contributed by atoms with Crippen LogP contribution in [0, 0.1) is 5.41 Å². The van der Waals surface area contributed by atoms with Crippen molar-refractivity contribution in [2.75, 3.05) is 19.6 Å². The maximum Gasteiger partial charge on any atom is 0.0304 e. The molecule has 2 heterocycles. The molecule has 3 heteroatoms. The summed E-state index contributed by atoms with van der Waals surface area (Å²) in [6.45, 7) is 15.2. The highest BCUT2D eigenvalue weighted by molar-refractivity contribution is 7.07. The van der Waals surface area contributed by atoms with E-state index in [0.717, 1.165) is 13.1 Å². The highest BCUT2D eigenvalue weighted by atomic mass is 32.1. The third-order valence-electron chi connectivity index (χ3n) is 4.95. The van der Waals surface area contributed by atoms with Crippen LogP contribution in [0.4, 0.5) is 0 Å². The van der Waals surface area contributed by atoms with E-state index in [2.05, 4.69) is 61.7 Å². The van der Waals surface area contributed by atoms with Gasteiger partial charge in [0.1, 0.15) is 0 Å². The molecule has 20 heavy (non-hydrogen) atoms. The molecule has 114 valence electrons. The van der Waals surface area contributed by atoms with E-state index < -0.39 is 0 Å². The van der Waals surface area contributed by atoms with Crippen molar-refractivity contribution in [3.05, 3.63) is 22.4 Å². The molecule has 2 nitrogen and oxygen atoms in total. The molecule has 1 N–H and O–H groups in total. The Kier molecular flexibility index (Phi) is 4.93. The maximum absolute atomic E-state index is 3.78. The summed E-state index contributed by atoms with van der Waals surface area (Å²) in [4.78, 5) is 2.72. The number of hydrogen-bond acceptors (Lipinski definition) is 3. The van der Waals surface area contributed by atoms with Crippen LogP contribution < -0.4 is 5.32 Å². The average Bonchev–Trinajstić information content (AvgIpc) is 2.89. The van der Waals surface area contributed by atoms with E-state index >= 15 is 0 Å². The number of thiophene rings is 1. The molecular formula is C17H30N2S. The zero-order chi connectivity index (χ0) is 14.8. The van der Waals surface area contributed by atoms with Crippen molar-refractivity contribution < 1.29 is 0 Å². The molecular weight excluding hydrogens is 264 g/mol. The van der Waals surface area contributed by atoms with Crippen molar-refractivity contribution in [3.8, 4) is 0 Å². The average molecular weight is 295 g/mol. The standard InChI is InChI=1S/C17H30N2S/c1-6-17(5)13-18-15(16(2,3)4)11-19(17)9-7-14-8-10-20-12-14/h8,10,12,15,18H,6-7,9,11,13H2,1-5H3. The van der Waals surface area contributed by atoms with Crippen LogP contribution in [-0.2, 0) is 6.42 Å². The van der Waals surface area contributed by atoms with Gasteiger partial charge in [0, 0.05) is 31.2 Å². The van der Waals surface area contributed by atoms with Crippen molar-refractivity contribution in [2.24, 2.45) is 5.41 Å². The number of nitrogens with zero attached hydrogens (tertiary/aromatic N) is 1. The van der Waals surface area contributed by atoms with Crippen LogP contribution in [0.3, 0.4) is 0 Å². The number of rotatable bonds is 4.